The Morgan fingerprint density at radius 1 is 1.00 bits per heavy atom. The number of ether oxygens (including phenoxy) is 2. The highest BCUT2D eigenvalue weighted by atomic mass is 16.5. The maximum Gasteiger partial charge on any atom is 0.407 e. The minimum Gasteiger partial charge on any atom is -0.496 e. The standard InChI is InChI=1S/C22H23NO5/c1-27-19-12-11-16-9-5-6-10-17(16)20(19)21(25)18(24)13-23-22(26)28-14-15-7-3-2-4-8-15/h2-12,18,21,24-25H,13-14H2,1H3,(H,23,26). The fourth-order valence-electron chi connectivity index (χ4n) is 3.02. The van der Waals surface area contributed by atoms with Crippen molar-refractivity contribution in [2.45, 2.75) is 18.8 Å². The van der Waals surface area contributed by atoms with E-state index in [-0.39, 0.29) is 13.2 Å². The Balaban J connectivity index is 1.64. The lowest BCUT2D eigenvalue weighted by Gasteiger charge is -2.22. The van der Waals surface area contributed by atoms with Crippen LogP contribution in [0, 0.1) is 0 Å². The Bertz CT molecular complexity index is 929. The fraction of sp³-hybridized carbons (Fsp3) is 0.227. The molecule has 6 nitrogen and oxygen atoms in total. The van der Waals surface area contributed by atoms with E-state index in [1.54, 1.807) is 6.07 Å². The van der Waals surface area contributed by atoms with Crippen molar-refractivity contribution in [3.8, 4) is 5.75 Å². The molecule has 3 aromatic carbocycles. The first-order chi connectivity index (χ1) is 13.6. The van der Waals surface area contributed by atoms with Crippen LogP contribution in [0.25, 0.3) is 10.8 Å². The van der Waals surface area contributed by atoms with Crippen LogP contribution in [-0.4, -0.2) is 36.1 Å². The van der Waals surface area contributed by atoms with Gasteiger partial charge in [-0.05, 0) is 22.4 Å². The molecule has 0 aliphatic carbocycles. The van der Waals surface area contributed by atoms with Crippen molar-refractivity contribution in [2.24, 2.45) is 0 Å². The van der Waals surface area contributed by atoms with Crippen LogP contribution in [-0.2, 0) is 11.3 Å². The Hall–Kier alpha value is -3.09. The lowest BCUT2D eigenvalue weighted by Crippen LogP contribution is -2.36. The molecular weight excluding hydrogens is 358 g/mol. The van der Waals surface area contributed by atoms with Crippen molar-refractivity contribution in [2.75, 3.05) is 13.7 Å². The first-order valence-electron chi connectivity index (χ1n) is 8.96. The van der Waals surface area contributed by atoms with Gasteiger partial charge in [0.25, 0.3) is 0 Å². The predicted octanol–water partition coefficient (Wildman–Crippen LogP) is 3.17. The Morgan fingerprint density at radius 2 is 1.71 bits per heavy atom. The van der Waals surface area contributed by atoms with E-state index in [1.807, 2.05) is 60.7 Å². The van der Waals surface area contributed by atoms with E-state index in [0.29, 0.717) is 11.3 Å². The van der Waals surface area contributed by atoms with Crippen molar-refractivity contribution < 1.29 is 24.5 Å². The number of benzene rings is 3. The molecule has 3 N–H and O–H groups in total. The normalized spacial score (nSPS) is 13.0. The molecule has 146 valence electrons. The number of fused-ring (bicyclic) bond motifs is 1. The monoisotopic (exact) mass is 381 g/mol. The predicted molar refractivity (Wildman–Crippen MR) is 106 cm³/mol. The van der Waals surface area contributed by atoms with E-state index in [0.717, 1.165) is 16.3 Å². The van der Waals surface area contributed by atoms with Gasteiger partial charge in [0.15, 0.2) is 0 Å². The van der Waals surface area contributed by atoms with Gasteiger partial charge in [-0.15, -0.1) is 0 Å². The number of rotatable bonds is 7. The molecule has 3 rings (SSSR count). The van der Waals surface area contributed by atoms with E-state index in [2.05, 4.69) is 5.32 Å². The summed E-state index contributed by atoms with van der Waals surface area (Å²) in [4.78, 5) is 11.9. The van der Waals surface area contributed by atoms with Crippen molar-refractivity contribution in [1.82, 2.24) is 5.32 Å². The first kappa shape index (κ1) is 19.7. The number of alkyl carbamates (subject to hydrolysis) is 1. The summed E-state index contributed by atoms with van der Waals surface area (Å²) in [6, 6.07) is 20.4. The minimum absolute atomic E-state index is 0.127. The summed E-state index contributed by atoms with van der Waals surface area (Å²) < 4.78 is 10.5. The summed E-state index contributed by atoms with van der Waals surface area (Å²) in [7, 11) is 1.51. The third-order valence-electron chi connectivity index (χ3n) is 4.48. The lowest BCUT2D eigenvalue weighted by molar-refractivity contribution is 0.0180. The van der Waals surface area contributed by atoms with Crippen LogP contribution in [0.2, 0.25) is 0 Å². The molecule has 1 amide bonds. The van der Waals surface area contributed by atoms with Gasteiger partial charge in [-0.1, -0.05) is 60.7 Å². The number of hydrogen-bond donors (Lipinski definition) is 3. The van der Waals surface area contributed by atoms with Crippen LogP contribution in [0.1, 0.15) is 17.2 Å². The zero-order valence-electron chi connectivity index (χ0n) is 15.5. The van der Waals surface area contributed by atoms with E-state index < -0.39 is 18.3 Å². The summed E-state index contributed by atoms with van der Waals surface area (Å²) in [5.41, 5.74) is 1.34. The Morgan fingerprint density at radius 3 is 2.46 bits per heavy atom. The molecule has 0 saturated heterocycles. The molecule has 0 aliphatic heterocycles. The van der Waals surface area contributed by atoms with Gasteiger partial charge in [0.2, 0.25) is 0 Å². The van der Waals surface area contributed by atoms with Gasteiger partial charge in [0, 0.05) is 12.1 Å². The van der Waals surface area contributed by atoms with Crippen LogP contribution < -0.4 is 10.1 Å². The molecule has 0 fully saturated rings. The summed E-state index contributed by atoms with van der Waals surface area (Å²) in [5.74, 6) is 0.469. The molecule has 3 aromatic rings. The lowest BCUT2D eigenvalue weighted by atomic mass is 9.96. The smallest absolute Gasteiger partial charge is 0.407 e. The molecule has 0 aliphatic rings. The Kier molecular flexibility index (Phi) is 6.47. The average Bonchev–Trinajstić information content (AvgIpc) is 2.75. The van der Waals surface area contributed by atoms with Crippen LogP contribution in [0.5, 0.6) is 5.75 Å². The van der Waals surface area contributed by atoms with Crippen LogP contribution in [0.15, 0.2) is 66.7 Å². The van der Waals surface area contributed by atoms with Gasteiger partial charge in [0.05, 0.1) is 7.11 Å². The van der Waals surface area contributed by atoms with Crippen molar-refractivity contribution in [1.29, 1.82) is 0 Å². The highest BCUT2D eigenvalue weighted by Gasteiger charge is 2.24. The van der Waals surface area contributed by atoms with Crippen molar-refractivity contribution in [3.63, 3.8) is 0 Å². The van der Waals surface area contributed by atoms with Gasteiger partial charge < -0.3 is 25.0 Å². The highest BCUT2D eigenvalue weighted by molar-refractivity contribution is 5.88. The quantitative estimate of drug-likeness (QED) is 0.585. The number of carbonyl (C=O) groups excluding carboxylic acids is 1. The van der Waals surface area contributed by atoms with Crippen LogP contribution in [0.4, 0.5) is 4.79 Å². The molecule has 0 radical (unpaired) electrons. The molecule has 28 heavy (non-hydrogen) atoms. The third kappa shape index (κ3) is 4.60. The fourth-order valence-corrected chi connectivity index (χ4v) is 3.02. The number of carbonyl (C=O) groups is 1. The molecule has 0 saturated carbocycles. The van der Waals surface area contributed by atoms with Crippen molar-refractivity contribution in [3.05, 3.63) is 77.9 Å². The second-order valence-corrected chi connectivity index (χ2v) is 6.36. The zero-order chi connectivity index (χ0) is 19.9. The molecule has 6 heteroatoms. The van der Waals surface area contributed by atoms with Crippen molar-refractivity contribution >= 4 is 16.9 Å². The maximum atomic E-state index is 11.9. The molecule has 2 atom stereocenters. The van der Waals surface area contributed by atoms with Gasteiger partial charge in [-0.3, -0.25) is 0 Å². The summed E-state index contributed by atoms with van der Waals surface area (Å²) in [6.07, 6.45) is -3.14. The highest BCUT2D eigenvalue weighted by Crippen LogP contribution is 2.34. The van der Waals surface area contributed by atoms with E-state index >= 15 is 0 Å². The molecule has 0 bridgehead atoms. The van der Waals surface area contributed by atoms with E-state index in [1.165, 1.54) is 7.11 Å². The molecule has 0 heterocycles. The first-order valence-corrected chi connectivity index (χ1v) is 8.96. The number of amides is 1. The van der Waals surface area contributed by atoms with E-state index in [9.17, 15) is 15.0 Å². The largest absolute Gasteiger partial charge is 0.496 e. The maximum absolute atomic E-state index is 11.9. The van der Waals surface area contributed by atoms with Crippen LogP contribution in [0.3, 0.4) is 0 Å². The number of aliphatic hydroxyl groups excluding tert-OH is 2. The Labute approximate surface area is 163 Å². The summed E-state index contributed by atoms with van der Waals surface area (Å²) in [5, 5.41) is 25.3. The van der Waals surface area contributed by atoms with Gasteiger partial charge in [-0.25, -0.2) is 4.79 Å². The number of methoxy groups -OCH3 is 1. The zero-order valence-corrected chi connectivity index (χ0v) is 15.5. The van der Waals surface area contributed by atoms with Gasteiger partial charge in [0.1, 0.15) is 24.6 Å². The second kappa shape index (κ2) is 9.21. The SMILES string of the molecule is COc1ccc2ccccc2c1C(O)C(O)CNC(=O)OCc1ccccc1. The molecule has 2 unspecified atom stereocenters. The topological polar surface area (TPSA) is 88.0 Å². The summed E-state index contributed by atoms with van der Waals surface area (Å²) in [6.45, 7) is -0.0381. The molecular formula is C22H23NO5. The number of hydrogen-bond acceptors (Lipinski definition) is 5. The average molecular weight is 381 g/mol. The molecule has 0 spiro atoms. The number of aliphatic hydroxyl groups is 2. The van der Waals surface area contributed by atoms with Crippen LogP contribution >= 0.6 is 0 Å². The minimum atomic E-state index is -1.24. The second-order valence-electron chi connectivity index (χ2n) is 6.36. The number of nitrogens with one attached hydrogen (secondary N) is 1. The summed E-state index contributed by atoms with van der Waals surface area (Å²) >= 11 is 0. The van der Waals surface area contributed by atoms with E-state index in [4.69, 9.17) is 9.47 Å². The van der Waals surface area contributed by atoms with Gasteiger partial charge >= 0.3 is 6.09 Å². The molecule has 0 aromatic heterocycles. The van der Waals surface area contributed by atoms with Gasteiger partial charge in [-0.2, -0.15) is 0 Å². The third-order valence-corrected chi connectivity index (χ3v) is 4.48.